The third-order valence-electron chi connectivity index (χ3n) is 4.08. The van der Waals surface area contributed by atoms with E-state index in [2.05, 4.69) is 17.9 Å². The van der Waals surface area contributed by atoms with Gasteiger partial charge in [-0.2, -0.15) is 0 Å². The number of nitrogens with two attached hydrogens (primary N) is 2. The molecule has 2 rings (SSSR count). The number of piperidine rings is 1. The molecule has 0 aliphatic carbocycles. The first-order chi connectivity index (χ1) is 9.06. The zero-order chi connectivity index (χ0) is 13.8. The Morgan fingerprint density at radius 2 is 2.11 bits per heavy atom. The SMILES string of the molecule is CC(c1cccc(N)c1)N1CCC(CC(N)=O)CC1. The van der Waals surface area contributed by atoms with Crippen molar-refractivity contribution in [3.8, 4) is 0 Å². The van der Waals surface area contributed by atoms with E-state index in [0.29, 0.717) is 18.4 Å². The molecule has 0 radical (unpaired) electrons. The predicted octanol–water partition coefficient (Wildman–Crippen LogP) is 1.92. The lowest BCUT2D eigenvalue weighted by atomic mass is 9.92. The van der Waals surface area contributed by atoms with Crippen LogP contribution < -0.4 is 11.5 Å². The molecule has 1 heterocycles. The maximum Gasteiger partial charge on any atom is 0.217 e. The normalized spacial score (nSPS) is 19.2. The Morgan fingerprint density at radius 1 is 1.42 bits per heavy atom. The minimum Gasteiger partial charge on any atom is -0.399 e. The largest absolute Gasteiger partial charge is 0.399 e. The first-order valence-corrected chi connectivity index (χ1v) is 6.94. The van der Waals surface area contributed by atoms with Crippen molar-refractivity contribution in [2.75, 3.05) is 18.8 Å². The lowest BCUT2D eigenvalue weighted by molar-refractivity contribution is -0.119. The second-order valence-corrected chi connectivity index (χ2v) is 5.50. The van der Waals surface area contributed by atoms with Gasteiger partial charge in [0.25, 0.3) is 0 Å². The number of nitrogen functional groups attached to an aromatic ring is 1. The van der Waals surface area contributed by atoms with Crippen LogP contribution in [0.25, 0.3) is 0 Å². The summed E-state index contributed by atoms with van der Waals surface area (Å²) in [5, 5.41) is 0. The van der Waals surface area contributed by atoms with E-state index in [4.69, 9.17) is 11.5 Å². The van der Waals surface area contributed by atoms with Crippen LogP contribution in [0.15, 0.2) is 24.3 Å². The molecular weight excluding hydrogens is 238 g/mol. The molecule has 1 fully saturated rings. The summed E-state index contributed by atoms with van der Waals surface area (Å²) < 4.78 is 0. The Labute approximate surface area is 114 Å². The van der Waals surface area contributed by atoms with Crippen LogP contribution in [0.2, 0.25) is 0 Å². The second-order valence-electron chi connectivity index (χ2n) is 5.50. The van der Waals surface area contributed by atoms with Crippen LogP contribution in [-0.2, 0) is 4.79 Å². The zero-order valence-electron chi connectivity index (χ0n) is 11.5. The molecule has 1 aromatic carbocycles. The summed E-state index contributed by atoms with van der Waals surface area (Å²) in [7, 11) is 0. The Kier molecular flexibility index (Phi) is 4.43. The molecule has 1 aliphatic heterocycles. The number of carbonyl (C=O) groups is 1. The average molecular weight is 261 g/mol. The highest BCUT2D eigenvalue weighted by Gasteiger charge is 2.24. The third kappa shape index (κ3) is 3.70. The summed E-state index contributed by atoms with van der Waals surface area (Å²) in [6, 6.07) is 8.45. The number of nitrogens with zero attached hydrogens (tertiary/aromatic N) is 1. The van der Waals surface area contributed by atoms with Gasteiger partial charge in [-0.25, -0.2) is 0 Å². The molecule has 1 saturated heterocycles. The van der Waals surface area contributed by atoms with E-state index in [1.54, 1.807) is 0 Å². The summed E-state index contributed by atoms with van der Waals surface area (Å²) in [5.41, 5.74) is 13.2. The van der Waals surface area contributed by atoms with Gasteiger partial charge < -0.3 is 11.5 Å². The quantitative estimate of drug-likeness (QED) is 0.813. The Hall–Kier alpha value is -1.55. The number of benzene rings is 1. The van der Waals surface area contributed by atoms with E-state index in [1.807, 2.05) is 18.2 Å². The van der Waals surface area contributed by atoms with Gasteiger partial charge in [-0.15, -0.1) is 0 Å². The molecule has 1 aliphatic rings. The Bertz CT molecular complexity index is 439. The number of amides is 1. The molecule has 1 unspecified atom stereocenters. The molecule has 0 spiro atoms. The van der Waals surface area contributed by atoms with E-state index in [-0.39, 0.29) is 5.91 Å². The molecule has 0 bridgehead atoms. The van der Waals surface area contributed by atoms with Crippen LogP contribution in [0.3, 0.4) is 0 Å². The lowest BCUT2D eigenvalue weighted by Crippen LogP contribution is -2.36. The number of anilines is 1. The molecule has 104 valence electrons. The highest BCUT2D eigenvalue weighted by atomic mass is 16.1. The molecule has 1 amide bonds. The van der Waals surface area contributed by atoms with Crippen molar-refractivity contribution in [1.82, 2.24) is 4.90 Å². The molecule has 4 heteroatoms. The fourth-order valence-corrected chi connectivity index (χ4v) is 2.86. The van der Waals surface area contributed by atoms with Gasteiger partial charge in [0.2, 0.25) is 5.91 Å². The van der Waals surface area contributed by atoms with Crippen molar-refractivity contribution in [3.05, 3.63) is 29.8 Å². The molecule has 19 heavy (non-hydrogen) atoms. The second kappa shape index (κ2) is 6.06. The number of likely N-dealkylation sites (tertiary alicyclic amines) is 1. The summed E-state index contributed by atoms with van der Waals surface area (Å²) >= 11 is 0. The maximum atomic E-state index is 10.9. The molecule has 4 N–H and O–H groups in total. The first kappa shape index (κ1) is 13.9. The van der Waals surface area contributed by atoms with Gasteiger partial charge in [0, 0.05) is 18.2 Å². The molecular formula is C15H23N3O. The highest BCUT2D eigenvalue weighted by Crippen LogP contribution is 2.28. The van der Waals surface area contributed by atoms with Crippen LogP contribution in [-0.4, -0.2) is 23.9 Å². The number of primary amides is 1. The van der Waals surface area contributed by atoms with E-state index in [0.717, 1.165) is 31.6 Å². The summed E-state index contributed by atoms with van der Waals surface area (Å²) in [6.07, 6.45) is 2.63. The van der Waals surface area contributed by atoms with Crippen molar-refractivity contribution in [2.24, 2.45) is 11.7 Å². The van der Waals surface area contributed by atoms with Crippen molar-refractivity contribution < 1.29 is 4.79 Å². The molecule has 0 saturated carbocycles. The predicted molar refractivity (Wildman–Crippen MR) is 77.4 cm³/mol. The van der Waals surface area contributed by atoms with Crippen LogP contribution in [0, 0.1) is 5.92 Å². The molecule has 4 nitrogen and oxygen atoms in total. The van der Waals surface area contributed by atoms with Gasteiger partial charge >= 0.3 is 0 Å². The standard InChI is InChI=1S/C15H23N3O/c1-11(13-3-2-4-14(16)10-13)18-7-5-12(6-8-18)9-15(17)19/h2-4,10-12H,5-9,16H2,1H3,(H2,17,19). The van der Waals surface area contributed by atoms with Gasteiger partial charge in [0.15, 0.2) is 0 Å². The Balaban J connectivity index is 1.92. The number of carbonyl (C=O) groups excluding carboxylic acids is 1. The Morgan fingerprint density at radius 3 is 2.68 bits per heavy atom. The minimum atomic E-state index is -0.178. The fraction of sp³-hybridized carbons (Fsp3) is 0.533. The summed E-state index contributed by atoms with van der Waals surface area (Å²) in [6.45, 7) is 4.25. The zero-order valence-corrected chi connectivity index (χ0v) is 11.5. The summed E-state index contributed by atoms with van der Waals surface area (Å²) in [4.78, 5) is 13.4. The van der Waals surface area contributed by atoms with Crippen LogP contribution in [0.4, 0.5) is 5.69 Å². The molecule has 1 atom stereocenters. The van der Waals surface area contributed by atoms with Gasteiger partial charge in [-0.3, -0.25) is 9.69 Å². The van der Waals surface area contributed by atoms with Crippen molar-refractivity contribution >= 4 is 11.6 Å². The van der Waals surface area contributed by atoms with E-state index < -0.39 is 0 Å². The van der Waals surface area contributed by atoms with E-state index >= 15 is 0 Å². The fourth-order valence-electron chi connectivity index (χ4n) is 2.86. The highest BCUT2D eigenvalue weighted by molar-refractivity contribution is 5.73. The molecule has 1 aromatic rings. The van der Waals surface area contributed by atoms with Crippen molar-refractivity contribution in [2.45, 2.75) is 32.2 Å². The van der Waals surface area contributed by atoms with Crippen molar-refractivity contribution in [1.29, 1.82) is 0 Å². The minimum absolute atomic E-state index is 0.178. The van der Waals surface area contributed by atoms with Crippen LogP contribution >= 0.6 is 0 Å². The van der Waals surface area contributed by atoms with E-state index in [9.17, 15) is 4.79 Å². The average Bonchev–Trinajstić information content (AvgIpc) is 2.38. The van der Waals surface area contributed by atoms with Crippen LogP contribution in [0.5, 0.6) is 0 Å². The van der Waals surface area contributed by atoms with Gasteiger partial charge in [0.05, 0.1) is 0 Å². The third-order valence-corrected chi connectivity index (χ3v) is 4.08. The smallest absolute Gasteiger partial charge is 0.217 e. The number of rotatable bonds is 4. The topological polar surface area (TPSA) is 72.3 Å². The number of hydrogen-bond acceptors (Lipinski definition) is 3. The summed E-state index contributed by atoms with van der Waals surface area (Å²) in [5.74, 6) is 0.282. The van der Waals surface area contributed by atoms with Gasteiger partial charge in [-0.1, -0.05) is 12.1 Å². The first-order valence-electron chi connectivity index (χ1n) is 6.94. The van der Waals surface area contributed by atoms with Gasteiger partial charge in [0.1, 0.15) is 0 Å². The van der Waals surface area contributed by atoms with Gasteiger partial charge in [-0.05, 0) is 56.5 Å². The van der Waals surface area contributed by atoms with Crippen LogP contribution in [0.1, 0.15) is 37.8 Å². The molecule has 0 aromatic heterocycles. The lowest BCUT2D eigenvalue weighted by Gasteiger charge is -2.36. The number of hydrogen-bond donors (Lipinski definition) is 2. The van der Waals surface area contributed by atoms with Crippen molar-refractivity contribution in [3.63, 3.8) is 0 Å². The van der Waals surface area contributed by atoms with E-state index in [1.165, 1.54) is 5.56 Å². The monoisotopic (exact) mass is 261 g/mol. The maximum absolute atomic E-state index is 10.9.